The lowest BCUT2D eigenvalue weighted by atomic mass is 9.88. The Morgan fingerprint density at radius 2 is 1.46 bits per heavy atom. The van der Waals surface area contributed by atoms with Gasteiger partial charge >= 0.3 is 0 Å². The zero-order chi connectivity index (χ0) is 20.6. The van der Waals surface area contributed by atoms with Crippen LogP contribution in [0.4, 0.5) is 5.95 Å². The Bertz CT molecular complexity index is 1040. The number of carbonyl (C=O) groups is 1. The summed E-state index contributed by atoms with van der Waals surface area (Å²) < 4.78 is 5.81. The molecule has 0 spiro atoms. The fourth-order valence-corrected chi connectivity index (χ4v) is 3.28. The van der Waals surface area contributed by atoms with Crippen LogP contribution in [-0.2, 0) is 6.42 Å². The summed E-state index contributed by atoms with van der Waals surface area (Å²) in [6.07, 6.45) is 0.647. The van der Waals surface area contributed by atoms with E-state index in [9.17, 15) is 4.79 Å². The van der Waals surface area contributed by atoms with Crippen molar-refractivity contribution in [3.8, 4) is 0 Å². The smallest absolute Gasteiger partial charge is 0.293 e. The average Bonchev–Trinajstić information content (AvgIpc) is 3.14. The number of benzene rings is 1. The molecule has 3 rings (SSSR count). The first-order valence-corrected chi connectivity index (χ1v) is 9.32. The molecule has 0 fully saturated rings. The first-order valence-electron chi connectivity index (χ1n) is 9.32. The van der Waals surface area contributed by atoms with Crippen LogP contribution in [0.5, 0.6) is 0 Å². The maximum atomic E-state index is 12.5. The fourth-order valence-electron chi connectivity index (χ4n) is 3.28. The molecule has 2 aromatic heterocycles. The number of rotatable bonds is 4. The lowest BCUT2D eigenvalue weighted by Gasteiger charge is -2.18. The maximum absolute atomic E-state index is 12.5. The Balaban J connectivity index is 1.81. The summed E-state index contributed by atoms with van der Waals surface area (Å²) in [5, 5.41) is 10.5. The molecule has 3 aromatic rings. The molecule has 2 heterocycles. The van der Waals surface area contributed by atoms with Crippen molar-refractivity contribution < 1.29 is 9.21 Å². The van der Waals surface area contributed by atoms with Crippen molar-refractivity contribution in [2.45, 2.75) is 54.9 Å². The second kappa shape index (κ2) is 7.54. The molecular weight excluding hydrogens is 352 g/mol. The number of hydrogen-bond donors (Lipinski definition) is 1. The van der Waals surface area contributed by atoms with E-state index in [1.165, 1.54) is 33.4 Å². The molecule has 0 radical (unpaired) electrons. The SMILES string of the molecule is Cc1nnc(NC(=O)c2ccc(Cc3c(C)c(C)c(C)c(C)c3C)o2)nc1C. The summed E-state index contributed by atoms with van der Waals surface area (Å²) in [5.41, 5.74) is 9.21. The van der Waals surface area contributed by atoms with Crippen molar-refractivity contribution in [3.05, 3.63) is 68.4 Å². The minimum absolute atomic E-state index is 0.169. The molecule has 1 aromatic carbocycles. The van der Waals surface area contributed by atoms with Crippen LogP contribution in [0.15, 0.2) is 16.5 Å². The molecule has 0 unspecified atom stereocenters. The minimum atomic E-state index is -0.388. The molecule has 0 aliphatic carbocycles. The molecule has 0 aliphatic heterocycles. The average molecular weight is 378 g/mol. The van der Waals surface area contributed by atoms with E-state index in [0.717, 1.165) is 17.1 Å². The van der Waals surface area contributed by atoms with Crippen molar-refractivity contribution in [2.24, 2.45) is 0 Å². The zero-order valence-electron chi connectivity index (χ0n) is 17.5. The number of amides is 1. The monoisotopic (exact) mass is 378 g/mol. The zero-order valence-corrected chi connectivity index (χ0v) is 17.5. The van der Waals surface area contributed by atoms with Crippen LogP contribution in [0.25, 0.3) is 0 Å². The highest BCUT2D eigenvalue weighted by atomic mass is 16.3. The molecular formula is C22H26N4O2. The maximum Gasteiger partial charge on any atom is 0.293 e. The normalized spacial score (nSPS) is 11.0. The standard InChI is InChI=1S/C22H26N4O2/c1-11-12(2)14(4)19(15(5)13(11)3)10-18-8-9-20(28-18)21(27)24-22-23-16(6)17(7)25-26-22/h8-9H,10H2,1-7H3,(H,23,24,26,27). The van der Waals surface area contributed by atoms with Crippen LogP contribution in [-0.4, -0.2) is 21.1 Å². The minimum Gasteiger partial charge on any atom is -0.456 e. The molecule has 0 saturated carbocycles. The van der Waals surface area contributed by atoms with E-state index in [-0.39, 0.29) is 17.6 Å². The number of nitrogens with zero attached hydrogens (tertiary/aromatic N) is 3. The van der Waals surface area contributed by atoms with Crippen LogP contribution in [0.3, 0.4) is 0 Å². The van der Waals surface area contributed by atoms with Crippen molar-refractivity contribution in [1.82, 2.24) is 15.2 Å². The Kier molecular flexibility index (Phi) is 5.31. The van der Waals surface area contributed by atoms with Gasteiger partial charge in [-0.2, -0.15) is 5.10 Å². The number of carbonyl (C=O) groups excluding carboxylic acids is 1. The summed E-state index contributed by atoms with van der Waals surface area (Å²) in [6, 6.07) is 3.52. The number of anilines is 1. The predicted octanol–water partition coefficient (Wildman–Crippen LogP) is 4.47. The van der Waals surface area contributed by atoms with E-state index in [1.807, 2.05) is 19.9 Å². The Hall–Kier alpha value is -3.02. The van der Waals surface area contributed by atoms with Gasteiger partial charge in [0.15, 0.2) is 5.76 Å². The molecule has 1 N–H and O–H groups in total. The lowest BCUT2D eigenvalue weighted by Crippen LogP contribution is -2.15. The van der Waals surface area contributed by atoms with E-state index in [4.69, 9.17) is 4.42 Å². The third kappa shape index (κ3) is 3.67. The van der Waals surface area contributed by atoms with Crippen LogP contribution < -0.4 is 5.32 Å². The number of furan rings is 1. The predicted molar refractivity (Wildman–Crippen MR) is 109 cm³/mol. The fraction of sp³-hybridized carbons (Fsp3) is 0.364. The van der Waals surface area contributed by atoms with E-state index < -0.39 is 0 Å². The topological polar surface area (TPSA) is 80.9 Å². The molecule has 0 bridgehead atoms. The van der Waals surface area contributed by atoms with Gasteiger partial charge in [-0.05, 0) is 94.0 Å². The summed E-state index contributed by atoms with van der Waals surface area (Å²) in [5.74, 6) is 0.759. The Morgan fingerprint density at radius 1 is 0.857 bits per heavy atom. The van der Waals surface area contributed by atoms with Gasteiger partial charge in [0.05, 0.1) is 11.4 Å². The van der Waals surface area contributed by atoms with Gasteiger partial charge in [-0.15, -0.1) is 5.10 Å². The van der Waals surface area contributed by atoms with E-state index >= 15 is 0 Å². The van der Waals surface area contributed by atoms with Crippen LogP contribution >= 0.6 is 0 Å². The highest BCUT2D eigenvalue weighted by molar-refractivity contribution is 6.01. The number of aromatic nitrogens is 3. The Labute approximate surface area is 165 Å². The molecule has 146 valence electrons. The van der Waals surface area contributed by atoms with Gasteiger partial charge < -0.3 is 4.42 Å². The van der Waals surface area contributed by atoms with Gasteiger partial charge in [0.25, 0.3) is 5.91 Å². The van der Waals surface area contributed by atoms with Crippen LogP contribution in [0.1, 0.15) is 61.1 Å². The molecule has 6 nitrogen and oxygen atoms in total. The summed E-state index contributed by atoms with van der Waals surface area (Å²) in [6.45, 7) is 14.4. The third-order valence-electron chi connectivity index (χ3n) is 5.71. The third-order valence-corrected chi connectivity index (χ3v) is 5.71. The van der Waals surface area contributed by atoms with Crippen molar-refractivity contribution >= 4 is 11.9 Å². The largest absolute Gasteiger partial charge is 0.456 e. The molecule has 0 saturated heterocycles. The number of aryl methyl sites for hydroxylation is 2. The van der Waals surface area contributed by atoms with Crippen LogP contribution in [0, 0.1) is 48.5 Å². The van der Waals surface area contributed by atoms with Gasteiger partial charge in [-0.25, -0.2) is 4.98 Å². The quantitative estimate of drug-likeness (QED) is 0.724. The van der Waals surface area contributed by atoms with Crippen molar-refractivity contribution in [1.29, 1.82) is 0 Å². The van der Waals surface area contributed by atoms with E-state index in [2.05, 4.69) is 55.1 Å². The molecule has 0 atom stereocenters. The number of hydrogen-bond acceptors (Lipinski definition) is 5. The molecule has 28 heavy (non-hydrogen) atoms. The van der Waals surface area contributed by atoms with Gasteiger partial charge in [-0.1, -0.05) is 0 Å². The van der Waals surface area contributed by atoms with E-state index in [1.54, 1.807) is 6.07 Å². The summed E-state index contributed by atoms with van der Waals surface area (Å²) >= 11 is 0. The lowest BCUT2D eigenvalue weighted by molar-refractivity contribution is 0.0994. The van der Waals surface area contributed by atoms with Gasteiger partial charge in [-0.3, -0.25) is 10.1 Å². The first-order chi connectivity index (χ1) is 13.2. The van der Waals surface area contributed by atoms with Gasteiger partial charge in [0, 0.05) is 6.42 Å². The molecule has 6 heteroatoms. The molecule has 0 aliphatic rings. The number of nitrogens with one attached hydrogen (secondary N) is 1. The van der Waals surface area contributed by atoms with Gasteiger partial charge in [0.2, 0.25) is 5.95 Å². The second-order valence-corrected chi connectivity index (χ2v) is 7.31. The Morgan fingerprint density at radius 3 is 2.07 bits per heavy atom. The molecule has 1 amide bonds. The summed E-state index contributed by atoms with van der Waals surface area (Å²) in [7, 11) is 0. The highest BCUT2D eigenvalue weighted by Crippen LogP contribution is 2.28. The van der Waals surface area contributed by atoms with Crippen molar-refractivity contribution in [3.63, 3.8) is 0 Å². The summed E-state index contributed by atoms with van der Waals surface area (Å²) in [4.78, 5) is 16.7. The van der Waals surface area contributed by atoms with Crippen molar-refractivity contribution in [2.75, 3.05) is 5.32 Å². The second-order valence-electron chi connectivity index (χ2n) is 7.31. The van der Waals surface area contributed by atoms with Crippen LogP contribution in [0.2, 0.25) is 0 Å². The van der Waals surface area contributed by atoms with Gasteiger partial charge in [0.1, 0.15) is 5.76 Å². The first kappa shape index (κ1) is 19.7. The van der Waals surface area contributed by atoms with E-state index in [0.29, 0.717) is 6.42 Å². The highest BCUT2D eigenvalue weighted by Gasteiger charge is 2.17.